The molecule has 6 nitrogen and oxygen atoms in total. The highest BCUT2D eigenvalue weighted by atomic mass is 19.3. The number of aromatic nitrogens is 2. The molecular formula is C15H17F2N3O3. The van der Waals surface area contributed by atoms with Gasteiger partial charge in [-0.05, 0) is 17.7 Å². The van der Waals surface area contributed by atoms with Gasteiger partial charge in [0.2, 0.25) is 11.8 Å². The molecule has 1 aromatic heterocycles. The summed E-state index contributed by atoms with van der Waals surface area (Å²) in [5.41, 5.74) is 0.801. The topological polar surface area (TPSA) is 60.6 Å². The van der Waals surface area contributed by atoms with Crippen LogP contribution in [0.1, 0.15) is 23.4 Å². The fourth-order valence-corrected chi connectivity index (χ4v) is 2.53. The maximum atomic E-state index is 12.3. The van der Waals surface area contributed by atoms with E-state index in [1.165, 1.54) is 6.07 Å². The second-order valence-corrected chi connectivity index (χ2v) is 5.26. The number of hydrogen-bond acceptors (Lipinski definition) is 6. The lowest BCUT2D eigenvalue weighted by Gasteiger charge is -2.32. The van der Waals surface area contributed by atoms with Crippen molar-refractivity contribution in [1.29, 1.82) is 0 Å². The van der Waals surface area contributed by atoms with Crippen molar-refractivity contribution >= 4 is 0 Å². The Labute approximate surface area is 132 Å². The van der Waals surface area contributed by atoms with Crippen LogP contribution in [0.4, 0.5) is 8.78 Å². The van der Waals surface area contributed by atoms with Crippen molar-refractivity contribution < 1.29 is 22.7 Å². The van der Waals surface area contributed by atoms with Crippen molar-refractivity contribution in [2.45, 2.75) is 26.2 Å². The molecule has 0 N–H and O–H groups in total. The van der Waals surface area contributed by atoms with Gasteiger partial charge >= 0.3 is 6.61 Å². The van der Waals surface area contributed by atoms with Crippen LogP contribution < -0.4 is 4.74 Å². The minimum atomic E-state index is -2.84. The summed E-state index contributed by atoms with van der Waals surface area (Å²) < 4.78 is 40.2. The first-order valence-electron chi connectivity index (χ1n) is 7.28. The van der Waals surface area contributed by atoms with Gasteiger partial charge in [-0.15, -0.1) is 10.2 Å². The number of halogens is 2. The van der Waals surface area contributed by atoms with Gasteiger partial charge in [0, 0.05) is 20.0 Å². The third-order valence-electron chi connectivity index (χ3n) is 3.53. The average Bonchev–Trinajstić information content (AvgIpc) is 2.92. The third kappa shape index (κ3) is 4.23. The maximum Gasteiger partial charge on any atom is 0.387 e. The van der Waals surface area contributed by atoms with Crippen LogP contribution in [-0.4, -0.2) is 41.4 Å². The SMILES string of the molecule is Cc1nnc(CN2CCO[C@@H](c3cccc(OC(F)F)c3)C2)o1. The van der Waals surface area contributed by atoms with Crippen LogP contribution >= 0.6 is 0 Å². The van der Waals surface area contributed by atoms with Gasteiger partial charge < -0.3 is 13.9 Å². The molecule has 124 valence electrons. The van der Waals surface area contributed by atoms with E-state index in [2.05, 4.69) is 19.8 Å². The molecule has 1 aliphatic rings. The Hall–Kier alpha value is -2.06. The number of benzene rings is 1. The van der Waals surface area contributed by atoms with Crippen molar-refractivity contribution in [1.82, 2.24) is 15.1 Å². The molecule has 2 heterocycles. The Morgan fingerprint density at radius 3 is 3.00 bits per heavy atom. The molecule has 0 unspecified atom stereocenters. The first-order chi connectivity index (χ1) is 11.1. The lowest BCUT2D eigenvalue weighted by Crippen LogP contribution is -2.37. The molecule has 0 bridgehead atoms. The molecule has 0 aliphatic carbocycles. The number of rotatable bonds is 5. The van der Waals surface area contributed by atoms with Gasteiger partial charge in [-0.1, -0.05) is 12.1 Å². The fraction of sp³-hybridized carbons (Fsp3) is 0.467. The second kappa shape index (κ2) is 7.01. The lowest BCUT2D eigenvalue weighted by atomic mass is 10.1. The van der Waals surface area contributed by atoms with Crippen molar-refractivity contribution in [3.8, 4) is 5.75 Å². The van der Waals surface area contributed by atoms with E-state index in [1.54, 1.807) is 19.1 Å². The molecule has 8 heteroatoms. The monoisotopic (exact) mass is 325 g/mol. The standard InChI is InChI=1S/C15H17F2N3O3/c1-10-18-19-14(22-10)9-20-5-6-21-13(8-20)11-3-2-4-12(7-11)23-15(16)17/h2-4,7,13,15H,5-6,8-9H2,1H3/t13-/m1/s1. The van der Waals surface area contributed by atoms with Crippen LogP contribution in [0.25, 0.3) is 0 Å². The van der Waals surface area contributed by atoms with Crippen LogP contribution in [0.15, 0.2) is 28.7 Å². The van der Waals surface area contributed by atoms with Crippen molar-refractivity contribution in [3.05, 3.63) is 41.6 Å². The van der Waals surface area contributed by atoms with Crippen molar-refractivity contribution in [2.24, 2.45) is 0 Å². The van der Waals surface area contributed by atoms with Gasteiger partial charge in [0.05, 0.1) is 19.3 Å². The molecule has 1 aliphatic heterocycles. The maximum absolute atomic E-state index is 12.3. The van der Waals surface area contributed by atoms with Gasteiger partial charge in [-0.3, -0.25) is 4.90 Å². The van der Waals surface area contributed by atoms with Gasteiger partial charge in [0.25, 0.3) is 0 Å². The van der Waals surface area contributed by atoms with E-state index in [-0.39, 0.29) is 11.9 Å². The Bertz CT molecular complexity index is 650. The Balaban J connectivity index is 1.66. The lowest BCUT2D eigenvalue weighted by molar-refractivity contribution is -0.0510. The summed E-state index contributed by atoms with van der Waals surface area (Å²) in [5, 5.41) is 7.79. The minimum Gasteiger partial charge on any atom is -0.435 e. The van der Waals surface area contributed by atoms with E-state index in [4.69, 9.17) is 9.15 Å². The zero-order valence-electron chi connectivity index (χ0n) is 12.6. The number of alkyl halides is 2. The molecule has 1 fully saturated rings. The first-order valence-corrected chi connectivity index (χ1v) is 7.28. The smallest absolute Gasteiger partial charge is 0.387 e. The molecule has 23 heavy (non-hydrogen) atoms. The van der Waals surface area contributed by atoms with E-state index in [0.29, 0.717) is 31.5 Å². The van der Waals surface area contributed by atoms with Crippen molar-refractivity contribution in [3.63, 3.8) is 0 Å². The fourth-order valence-electron chi connectivity index (χ4n) is 2.53. The number of hydrogen-bond donors (Lipinski definition) is 0. The first kappa shape index (κ1) is 15.8. The van der Waals surface area contributed by atoms with Crippen LogP contribution in [0, 0.1) is 6.92 Å². The molecule has 0 amide bonds. The van der Waals surface area contributed by atoms with Gasteiger partial charge in [-0.25, -0.2) is 0 Å². The van der Waals surface area contributed by atoms with E-state index in [1.807, 2.05) is 6.07 Å². The molecule has 0 saturated carbocycles. The summed E-state index contributed by atoms with van der Waals surface area (Å²) in [4.78, 5) is 2.13. The van der Waals surface area contributed by atoms with Crippen LogP contribution in [0.3, 0.4) is 0 Å². The van der Waals surface area contributed by atoms with Gasteiger partial charge in [0.1, 0.15) is 5.75 Å². The van der Waals surface area contributed by atoms with E-state index in [0.717, 1.165) is 12.1 Å². The van der Waals surface area contributed by atoms with Gasteiger partial charge in [-0.2, -0.15) is 8.78 Å². The molecule has 2 aromatic rings. The summed E-state index contributed by atoms with van der Waals surface area (Å²) in [7, 11) is 0. The highest BCUT2D eigenvalue weighted by Crippen LogP contribution is 2.26. The highest BCUT2D eigenvalue weighted by molar-refractivity contribution is 5.30. The number of morpholine rings is 1. The largest absolute Gasteiger partial charge is 0.435 e. The molecule has 3 rings (SSSR count). The minimum absolute atomic E-state index is 0.130. The molecule has 1 saturated heterocycles. The zero-order chi connectivity index (χ0) is 16.2. The average molecular weight is 325 g/mol. The van der Waals surface area contributed by atoms with Crippen LogP contribution in [0.2, 0.25) is 0 Å². The highest BCUT2D eigenvalue weighted by Gasteiger charge is 2.24. The Morgan fingerprint density at radius 2 is 2.26 bits per heavy atom. The van der Waals surface area contributed by atoms with E-state index >= 15 is 0 Å². The molecular weight excluding hydrogens is 308 g/mol. The molecule has 0 spiro atoms. The molecule has 1 aromatic carbocycles. The summed E-state index contributed by atoms with van der Waals surface area (Å²) in [5.74, 6) is 1.21. The zero-order valence-corrected chi connectivity index (χ0v) is 12.6. The summed E-state index contributed by atoms with van der Waals surface area (Å²) in [6.45, 7) is 1.33. The quantitative estimate of drug-likeness (QED) is 0.842. The molecule has 0 radical (unpaired) electrons. The van der Waals surface area contributed by atoms with Crippen LogP contribution in [-0.2, 0) is 11.3 Å². The predicted octanol–water partition coefficient (Wildman–Crippen LogP) is 2.55. The number of ether oxygens (including phenoxy) is 2. The second-order valence-electron chi connectivity index (χ2n) is 5.26. The molecule has 1 atom stereocenters. The van der Waals surface area contributed by atoms with Crippen molar-refractivity contribution in [2.75, 3.05) is 19.7 Å². The predicted molar refractivity (Wildman–Crippen MR) is 76.1 cm³/mol. The summed E-state index contributed by atoms with van der Waals surface area (Å²) in [6, 6.07) is 6.59. The Morgan fingerprint density at radius 1 is 1.39 bits per heavy atom. The van der Waals surface area contributed by atoms with Gasteiger partial charge in [0.15, 0.2) is 0 Å². The van der Waals surface area contributed by atoms with E-state index < -0.39 is 6.61 Å². The van der Waals surface area contributed by atoms with Crippen LogP contribution in [0.5, 0.6) is 5.75 Å². The third-order valence-corrected chi connectivity index (χ3v) is 3.53. The summed E-state index contributed by atoms with van der Waals surface area (Å²) >= 11 is 0. The number of nitrogens with zero attached hydrogens (tertiary/aromatic N) is 3. The van der Waals surface area contributed by atoms with E-state index in [9.17, 15) is 8.78 Å². The normalized spacial score (nSPS) is 19.2. The Kier molecular flexibility index (Phi) is 4.82. The summed E-state index contributed by atoms with van der Waals surface area (Å²) in [6.07, 6.45) is -0.214. The number of aryl methyl sites for hydroxylation is 1.